The highest BCUT2D eigenvalue weighted by Gasteiger charge is 2.09. The van der Waals surface area contributed by atoms with Crippen molar-refractivity contribution in [2.45, 2.75) is 33.6 Å². The molecule has 1 heterocycles. The van der Waals surface area contributed by atoms with Gasteiger partial charge in [-0.15, -0.1) is 11.3 Å². The lowest BCUT2D eigenvalue weighted by Crippen LogP contribution is -2.03. The second-order valence-electron chi connectivity index (χ2n) is 4.70. The van der Waals surface area contributed by atoms with Crippen molar-refractivity contribution in [3.05, 3.63) is 56.8 Å². The van der Waals surface area contributed by atoms with Crippen LogP contribution in [0.25, 0.3) is 0 Å². The van der Waals surface area contributed by atoms with Gasteiger partial charge >= 0.3 is 0 Å². The van der Waals surface area contributed by atoms with Gasteiger partial charge in [0, 0.05) is 21.7 Å². The Balaban J connectivity index is 2.16. The van der Waals surface area contributed by atoms with Gasteiger partial charge in [0.25, 0.3) is 0 Å². The lowest BCUT2D eigenvalue weighted by atomic mass is 10.0. The van der Waals surface area contributed by atoms with Crippen LogP contribution in [0.1, 0.15) is 38.2 Å². The van der Waals surface area contributed by atoms with Gasteiger partial charge in [-0.25, -0.2) is 0 Å². The maximum absolute atomic E-state index is 12.2. The van der Waals surface area contributed by atoms with Gasteiger partial charge in [0.2, 0.25) is 0 Å². The van der Waals surface area contributed by atoms with E-state index >= 15 is 0 Å². The topological polar surface area (TPSA) is 17.1 Å². The van der Waals surface area contributed by atoms with Crippen molar-refractivity contribution in [1.29, 1.82) is 0 Å². The second kappa shape index (κ2) is 5.49. The highest BCUT2D eigenvalue weighted by molar-refractivity contribution is 7.12. The Hall–Kier alpha value is -1.41. The Morgan fingerprint density at radius 3 is 2.22 bits per heavy atom. The normalized spacial score (nSPS) is 10.6. The largest absolute Gasteiger partial charge is 0.294 e. The van der Waals surface area contributed by atoms with Crippen LogP contribution in [0, 0.1) is 13.8 Å². The molecule has 2 heteroatoms. The van der Waals surface area contributed by atoms with Crippen LogP contribution in [0.3, 0.4) is 0 Å². The first kappa shape index (κ1) is 13.0. The monoisotopic (exact) mass is 258 g/mol. The zero-order valence-electron chi connectivity index (χ0n) is 11.1. The first-order valence-electron chi connectivity index (χ1n) is 6.27. The Morgan fingerprint density at radius 2 is 1.67 bits per heavy atom. The lowest BCUT2D eigenvalue weighted by Gasteiger charge is -2.03. The molecule has 1 aromatic heterocycles. The molecular formula is C16H18OS. The van der Waals surface area contributed by atoms with Crippen LogP contribution >= 0.6 is 11.3 Å². The van der Waals surface area contributed by atoms with Crippen LogP contribution < -0.4 is 0 Å². The van der Waals surface area contributed by atoms with E-state index in [0.29, 0.717) is 6.42 Å². The van der Waals surface area contributed by atoms with E-state index in [9.17, 15) is 4.79 Å². The number of benzene rings is 1. The fourth-order valence-electron chi connectivity index (χ4n) is 2.10. The first-order valence-corrected chi connectivity index (χ1v) is 7.09. The molecule has 2 aromatic rings. The van der Waals surface area contributed by atoms with Crippen LogP contribution in [0.5, 0.6) is 0 Å². The van der Waals surface area contributed by atoms with E-state index in [0.717, 1.165) is 28.0 Å². The molecule has 1 nitrogen and oxygen atoms in total. The van der Waals surface area contributed by atoms with Crippen LogP contribution in [-0.2, 0) is 12.8 Å². The number of carbonyl (C=O) groups excluding carboxylic acids is 1. The van der Waals surface area contributed by atoms with E-state index in [2.05, 4.69) is 25.1 Å². The van der Waals surface area contributed by atoms with Gasteiger partial charge in [0.1, 0.15) is 0 Å². The molecule has 1 aromatic carbocycles. The lowest BCUT2D eigenvalue weighted by molar-refractivity contribution is 0.0993. The summed E-state index contributed by atoms with van der Waals surface area (Å²) >= 11 is 1.74. The second-order valence-corrected chi connectivity index (χ2v) is 5.95. The maximum Gasteiger partial charge on any atom is 0.168 e. The zero-order chi connectivity index (χ0) is 13.1. The van der Waals surface area contributed by atoms with Crippen molar-refractivity contribution >= 4 is 17.1 Å². The highest BCUT2D eigenvalue weighted by Crippen LogP contribution is 2.19. The predicted octanol–water partition coefficient (Wildman–Crippen LogP) is 4.35. The van der Waals surface area contributed by atoms with Crippen LogP contribution in [-0.4, -0.2) is 5.78 Å². The molecule has 0 N–H and O–H groups in total. The van der Waals surface area contributed by atoms with E-state index in [1.54, 1.807) is 11.3 Å². The van der Waals surface area contributed by atoms with Crippen molar-refractivity contribution in [3.63, 3.8) is 0 Å². The van der Waals surface area contributed by atoms with Crippen molar-refractivity contribution in [2.24, 2.45) is 0 Å². The molecule has 0 aliphatic rings. The molecule has 0 saturated carbocycles. The fourth-order valence-corrected chi connectivity index (χ4v) is 3.06. The minimum absolute atomic E-state index is 0.214. The average Bonchev–Trinajstić information content (AvgIpc) is 2.75. The van der Waals surface area contributed by atoms with E-state index < -0.39 is 0 Å². The number of ketones is 1. The standard InChI is InChI=1S/C16H18OS/c1-4-14-5-6-15(18-14)10-16(17)13-8-11(2)7-12(3)9-13/h5-9H,4,10H2,1-3H3. The first-order chi connectivity index (χ1) is 8.58. The summed E-state index contributed by atoms with van der Waals surface area (Å²) in [6.45, 7) is 6.20. The molecule has 0 amide bonds. The summed E-state index contributed by atoms with van der Waals surface area (Å²) in [6.07, 6.45) is 1.57. The van der Waals surface area contributed by atoms with Crippen LogP contribution in [0.15, 0.2) is 30.3 Å². The molecule has 0 saturated heterocycles. The van der Waals surface area contributed by atoms with E-state index in [1.165, 1.54) is 4.88 Å². The van der Waals surface area contributed by atoms with Crippen LogP contribution in [0.2, 0.25) is 0 Å². The molecular weight excluding hydrogens is 240 g/mol. The summed E-state index contributed by atoms with van der Waals surface area (Å²) in [5, 5.41) is 0. The third kappa shape index (κ3) is 3.08. The third-order valence-electron chi connectivity index (χ3n) is 2.94. The minimum atomic E-state index is 0.214. The zero-order valence-corrected chi connectivity index (χ0v) is 11.9. The molecule has 0 radical (unpaired) electrons. The van der Waals surface area contributed by atoms with Gasteiger partial charge in [-0.2, -0.15) is 0 Å². The van der Waals surface area contributed by atoms with E-state index in [4.69, 9.17) is 0 Å². The summed E-state index contributed by atoms with van der Waals surface area (Å²) in [4.78, 5) is 14.7. The fraction of sp³-hybridized carbons (Fsp3) is 0.312. The molecule has 18 heavy (non-hydrogen) atoms. The SMILES string of the molecule is CCc1ccc(CC(=O)c2cc(C)cc(C)c2)s1. The summed E-state index contributed by atoms with van der Waals surface area (Å²) in [5.74, 6) is 0.214. The number of hydrogen-bond donors (Lipinski definition) is 0. The number of aryl methyl sites for hydroxylation is 3. The van der Waals surface area contributed by atoms with Gasteiger partial charge < -0.3 is 0 Å². The summed E-state index contributed by atoms with van der Waals surface area (Å²) in [7, 11) is 0. The summed E-state index contributed by atoms with van der Waals surface area (Å²) in [5.41, 5.74) is 3.14. The Morgan fingerprint density at radius 1 is 1.06 bits per heavy atom. The predicted molar refractivity (Wildman–Crippen MR) is 77.6 cm³/mol. The van der Waals surface area contributed by atoms with Crippen molar-refractivity contribution < 1.29 is 4.79 Å². The van der Waals surface area contributed by atoms with Crippen molar-refractivity contribution in [2.75, 3.05) is 0 Å². The number of Topliss-reactive ketones (excluding diaryl/α,β-unsaturated/α-hetero) is 1. The van der Waals surface area contributed by atoms with E-state index in [-0.39, 0.29) is 5.78 Å². The molecule has 0 aliphatic heterocycles. The molecule has 2 rings (SSSR count). The van der Waals surface area contributed by atoms with Crippen molar-refractivity contribution in [1.82, 2.24) is 0 Å². The Bertz CT molecular complexity index is 546. The number of thiophene rings is 1. The van der Waals surface area contributed by atoms with Gasteiger partial charge in [0.15, 0.2) is 5.78 Å². The molecule has 0 unspecified atom stereocenters. The minimum Gasteiger partial charge on any atom is -0.294 e. The third-order valence-corrected chi connectivity index (χ3v) is 4.17. The number of carbonyl (C=O) groups is 1. The Kier molecular flexibility index (Phi) is 3.97. The molecule has 0 fully saturated rings. The maximum atomic E-state index is 12.2. The molecule has 0 atom stereocenters. The van der Waals surface area contributed by atoms with Gasteiger partial charge in [-0.1, -0.05) is 24.1 Å². The van der Waals surface area contributed by atoms with Crippen LogP contribution in [0.4, 0.5) is 0 Å². The summed E-state index contributed by atoms with van der Waals surface area (Å²) < 4.78 is 0. The molecule has 0 bridgehead atoms. The molecule has 0 aliphatic carbocycles. The molecule has 94 valence electrons. The van der Waals surface area contributed by atoms with Gasteiger partial charge in [-0.05, 0) is 44.5 Å². The quantitative estimate of drug-likeness (QED) is 0.745. The Labute approximate surface area is 112 Å². The average molecular weight is 258 g/mol. The van der Waals surface area contributed by atoms with Crippen molar-refractivity contribution in [3.8, 4) is 0 Å². The van der Waals surface area contributed by atoms with Gasteiger partial charge in [0.05, 0.1) is 0 Å². The summed E-state index contributed by atoms with van der Waals surface area (Å²) in [6, 6.07) is 10.2. The highest BCUT2D eigenvalue weighted by atomic mass is 32.1. The van der Waals surface area contributed by atoms with Gasteiger partial charge in [-0.3, -0.25) is 4.79 Å². The number of rotatable bonds is 4. The van der Waals surface area contributed by atoms with E-state index in [1.807, 2.05) is 26.0 Å². The molecule has 0 spiro atoms. The smallest absolute Gasteiger partial charge is 0.168 e. The number of hydrogen-bond acceptors (Lipinski definition) is 2.